The summed E-state index contributed by atoms with van der Waals surface area (Å²) in [6.45, 7) is 5.20. The lowest BCUT2D eigenvalue weighted by molar-refractivity contribution is 0.331. The highest BCUT2D eigenvalue weighted by atomic mass is 15.3. The second-order valence-electron chi connectivity index (χ2n) is 3.68. The predicted molar refractivity (Wildman–Crippen MR) is 50.4 cm³/mol. The van der Waals surface area contributed by atoms with Gasteiger partial charge in [0.05, 0.1) is 0 Å². The molecule has 0 saturated heterocycles. The third-order valence-corrected chi connectivity index (χ3v) is 2.20. The smallest absolute Gasteiger partial charge is 0.213 e. The van der Waals surface area contributed by atoms with Crippen LogP contribution < -0.4 is 11.6 Å². The van der Waals surface area contributed by atoms with Gasteiger partial charge in [-0.3, -0.25) is 0 Å². The van der Waals surface area contributed by atoms with Gasteiger partial charge in [-0.15, -0.1) is 5.10 Å². The molecule has 12 heavy (non-hydrogen) atoms. The van der Waals surface area contributed by atoms with Crippen LogP contribution in [0.4, 0.5) is 0 Å². The molecule has 0 atom stereocenters. The second-order valence-corrected chi connectivity index (χ2v) is 3.68. The van der Waals surface area contributed by atoms with Crippen LogP contribution in [0.1, 0.15) is 26.7 Å². The zero-order valence-electron chi connectivity index (χ0n) is 7.83. The molecule has 1 aliphatic carbocycles. The van der Waals surface area contributed by atoms with Gasteiger partial charge in [-0.25, -0.2) is 0 Å². The molecule has 0 heterocycles. The average Bonchev–Trinajstić information content (AvgIpc) is 2.81. The molecule has 1 fully saturated rings. The van der Waals surface area contributed by atoms with Crippen molar-refractivity contribution in [3.8, 4) is 0 Å². The van der Waals surface area contributed by atoms with Gasteiger partial charge in [0.15, 0.2) is 0 Å². The van der Waals surface area contributed by atoms with E-state index >= 15 is 0 Å². The lowest BCUT2D eigenvalue weighted by atomic mass is 10.3. The van der Waals surface area contributed by atoms with Crippen molar-refractivity contribution in [3.63, 3.8) is 0 Å². The van der Waals surface area contributed by atoms with Crippen LogP contribution in [0.15, 0.2) is 5.10 Å². The first-order valence-electron chi connectivity index (χ1n) is 4.45. The number of hydrogen-bond donors (Lipinski definition) is 2. The van der Waals surface area contributed by atoms with Crippen LogP contribution in [0.2, 0.25) is 0 Å². The summed E-state index contributed by atoms with van der Waals surface area (Å²) in [5, 5.41) is 3.51. The molecular formula is C8H18N4. The molecule has 0 aromatic heterocycles. The Balaban J connectivity index is 2.47. The summed E-state index contributed by atoms with van der Waals surface area (Å²) in [5.41, 5.74) is 5.65. The summed E-state index contributed by atoms with van der Waals surface area (Å²) in [4.78, 5) is 2.05. The Hall–Kier alpha value is -0.930. The summed E-state index contributed by atoms with van der Waals surface area (Å²) in [6, 6.07) is 0.387. The molecule has 1 aliphatic rings. The minimum absolute atomic E-state index is 0.387. The van der Waals surface area contributed by atoms with Crippen LogP contribution in [0, 0.1) is 5.92 Å². The van der Waals surface area contributed by atoms with E-state index in [9.17, 15) is 0 Å². The number of rotatable bonds is 3. The first kappa shape index (κ1) is 9.16. The number of nitrogens with zero attached hydrogens (tertiary/aromatic N) is 2. The van der Waals surface area contributed by atoms with E-state index in [1.165, 1.54) is 12.8 Å². The molecule has 0 aromatic rings. The topological polar surface area (TPSA) is 67.6 Å². The Labute approximate surface area is 73.6 Å². The largest absolute Gasteiger partial charge is 0.368 e. The first-order chi connectivity index (χ1) is 5.65. The highest BCUT2D eigenvalue weighted by molar-refractivity contribution is 5.78. The van der Waals surface area contributed by atoms with Crippen molar-refractivity contribution in [2.75, 3.05) is 6.54 Å². The van der Waals surface area contributed by atoms with E-state index in [1.54, 1.807) is 0 Å². The van der Waals surface area contributed by atoms with Crippen molar-refractivity contribution < 1.29 is 0 Å². The van der Waals surface area contributed by atoms with Gasteiger partial charge in [-0.1, -0.05) is 0 Å². The van der Waals surface area contributed by atoms with Crippen LogP contribution in [-0.2, 0) is 0 Å². The van der Waals surface area contributed by atoms with Crippen molar-refractivity contribution in [2.45, 2.75) is 32.7 Å². The van der Waals surface area contributed by atoms with E-state index in [1.807, 2.05) is 0 Å². The molecule has 0 unspecified atom stereocenters. The minimum Gasteiger partial charge on any atom is -0.368 e. The number of guanidine groups is 1. The average molecular weight is 170 g/mol. The normalized spacial score (nSPS) is 18.4. The molecule has 4 N–H and O–H groups in total. The maximum atomic E-state index is 5.65. The minimum atomic E-state index is 0.387. The highest BCUT2D eigenvalue weighted by Crippen LogP contribution is 2.30. The molecule has 4 nitrogen and oxygen atoms in total. The summed E-state index contributed by atoms with van der Waals surface area (Å²) in [7, 11) is 0. The van der Waals surface area contributed by atoms with E-state index in [-0.39, 0.29) is 0 Å². The SMILES string of the molecule is CC(C)N(CC1CC1)C(N)=NN. The molecule has 4 heteroatoms. The van der Waals surface area contributed by atoms with E-state index < -0.39 is 0 Å². The van der Waals surface area contributed by atoms with Gasteiger partial charge in [0, 0.05) is 12.6 Å². The van der Waals surface area contributed by atoms with E-state index in [4.69, 9.17) is 11.6 Å². The van der Waals surface area contributed by atoms with Crippen molar-refractivity contribution in [2.24, 2.45) is 22.6 Å². The van der Waals surface area contributed by atoms with Crippen LogP contribution in [0.3, 0.4) is 0 Å². The molecule has 0 bridgehead atoms. The van der Waals surface area contributed by atoms with E-state index in [2.05, 4.69) is 23.8 Å². The predicted octanol–water partition coefficient (Wildman–Crippen LogP) is 0.295. The molecule has 0 spiro atoms. The number of nitrogens with two attached hydrogens (primary N) is 2. The Morgan fingerprint density at radius 3 is 2.50 bits per heavy atom. The van der Waals surface area contributed by atoms with Gasteiger partial charge in [0.2, 0.25) is 5.96 Å². The highest BCUT2D eigenvalue weighted by Gasteiger charge is 2.26. The fraction of sp³-hybridized carbons (Fsp3) is 0.875. The third-order valence-electron chi connectivity index (χ3n) is 2.20. The fourth-order valence-electron chi connectivity index (χ4n) is 1.22. The van der Waals surface area contributed by atoms with Crippen LogP contribution in [0.5, 0.6) is 0 Å². The summed E-state index contributed by atoms with van der Waals surface area (Å²) < 4.78 is 0. The standard InChI is InChI=1S/C8H18N4/c1-6(2)12(8(9)11-10)5-7-3-4-7/h6-7H,3-5,10H2,1-2H3,(H2,9,11). The third kappa shape index (κ3) is 2.29. The van der Waals surface area contributed by atoms with Crippen LogP contribution >= 0.6 is 0 Å². The summed E-state index contributed by atoms with van der Waals surface area (Å²) in [5.74, 6) is 6.40. The zero-order chi connectivity index (χ0) is 9.14. The van der Waals surface area contributed by atoms with Gasteiger partial charge in [0.25, 0.3) is 0 Å². The Bertz CT molecular complexity index is 172. The number of hydrazone groups is 1. The molecule has 0 amide bonds. The maximum absolute atomic E-state index is 5.65. The van der Waals surface area contributed by atoms with E-state index in [0.717, 1.165) is 12.5 Å². The van der Waals surface area contributed by atoms with Crippen LogP contribution in [-0.4, -0.2) is 23.4 Å². The lowest BCUT2D eigenvalue weighted by Crippen LogP contribution is -2.43. The molecule has 1 rings (SSSR count). The molecular weight excluding hydrogens is 152 g/mol. The van der Waals surface area contributed by atoms with Crippen molar-refractivity contribution in [1.82, 2.24) is 4.90 Å². The first-order valence-corrected chi connectivity index (χ1v) is 4.45. The molecule has 0 aromatic carbocycles. The van der Waals surface area contributed by atoms with Gasteiger partial charge in [-0.2, -0.15) is 0 Å². The molecule has 0 radical (unpaired) electrons. The molecule has 70 valence electrons. The van der Waals surface area contributed by atoms with Gasteiger partial charge < -0.3 is 16.5 Å². The molecule has 0 aliphatic heterocycles. The van der Waals surface area contributed by atoms with Gasteiger partial charge in [0.1, 0.15) is 0 Å². The monoisotopic (exact) mass is 170 g/mol. The quantitative estimate of drug-likeness (QED) is 0.277. The van der Waals surface area contributed by atoms with Gasteiger partial charge in [-0.05, 0) is 32.6 Å². The van der Waals surface area contributed by atoms with Crippen molar-refractivity contribution in [1.29, 1.82) is 0 Å². The second kappa shape index (κ2) is 3.65. The van der Waals surface area contributed by atoms with E-state index in [0.29, 0.717) is 12.0 Å². The maximum Gasteiger partial charge on any atom is 0.213 e. The Kier molecular flexibility index (Phi) is 2.78. The lowest BCUT2D eigenvalue weighted by Gasteiger charge is -2.26. The molecule has 1 saturated carbocycles. The Morgan fingerprint density at radius 2 is 2.17 bits per heavy atom. The van der Waals surface area contributed by atoms with Gasteiger partial charge >= 0.3 is 0 Å². The summed E-state index contributed by atoms with van der Waals surface area (Å²) >= 11 is 0. The van der Waals surface area contributed by atoms with Crippen molar-refractivity contribution in [3.05, 3.63) is 0 Å². The number of hydrogen-bond acceptors (Lipinski definition) is 2. The zero-order valence-corrected chi connectivity index (χ0v) is 7.83. The van der Waals surface area contributed by atoms with Crippen molar-refractivity contribution >= 4 is 5.96 Å². The Morgan fingerprint density at radius 1 is 1.58 bits per heavy atom. The van der Waals surface area contributed by atoms with Crippen LogP contribution in [0.25, 0.3) is 0 Å². The summed E-state index contributed by atoms with van der Waals surface area (Å²) in [6.07, 6.45) is 2.64. The fourth-order valence-corrected chi connectivity index (χ4v) is 1.22.